The lowest BCUT2D eigenvalue weighted by Crippen LogP contribution is -2.28. The Morgan fingerprint density at radius 2 is 1.40 bits per heavy atom. The molecule has 20 heavy (non-hydrogen) atoms. The van der Waals surface area contributed by atoms with E-state index in [2.05, 4.69) is 50.4 Å². The van der Waals surface area contributed by atoms with Gasteiger partial charge in [0.15, 0.2) is 0 Å². The molecule has 0 aliphatic rings. The molecule has 0 saturated carbocycles. The van der Waals surface area contributed by atoms with Crippen LogP contribution in [-0.4, -0.2) is 5.11 Å². The minimum absolute atomic E-state index is 0.239. The average Bonchev–Trinajstić information content (AvgIpc) is 2.46. The first kappa shape index (κ1) is 14.6. The summed E-state index contributed by atoms with van der Waals surface area (Å²) in [6, 6.07) is 18.5. The fourth-order valence-electron chi connectivity index (χ4n) is 2.46. The van der Waals surface area contributed by atoms with Crippen LogP contribution in [0.3, 0.4) is 0 Å². The highest BCUT2D eigenvalue weighted by atomic mass is 16.3. The van der Waals surface area contributed by atoms with Gasteiger partial charge in [0.05, 0.1) is 0 Å². The summed E-state index contributed by atoms with van der Waals surface area (Å²) in [6.07, 6.45) is 0. The summed E-state index contributed by atoms with van der Waals surface area (Å²) in [5, 5.41) is 13.1. The molecule has 0 heterocycles. The Labute approximate surface area is 121 Å². The first-order valence-corrected chi connectivity index (χ1v) is 7.18. The van der Waals surface area contributed by atoms with E-state index in [1.807, 2.05) is 18.2 Å². The lowest BCUT2D eigenvalue weighted by Gasteiger charge is -2.27. The van der Waals surface area contributed by atoms with Gasteiger partial charge in [-0.05, 0) is 36.1 Å². The highest BCUT2D eigenvalue weighted by molar-refractivity contribution is 5.28. The van der Waals surface area contributed by atoms with E-state index in [0.29, 0.717) is 17.7 Å². The van der Waals surface area contributed by atoms with Crippen LogP contribution in [0.4, 0.5) is 0 Å². The standard InChI is InChI=1S/C18H23NO/c1-13(2)18(16-7-5-4-6-8-16)19-14(3)15-9-11-17(20)12-10-15/h4-14,18-20H,1-3H3. The normalized spacial score (nSPS) is 14.2. The van der Waals surface area contributed by atoms with Crippen LogP contribution >= 0.6 is 0 Å². The van der Waals surface area contributed by atoms with Gasteiger partial charge >= 0.3 is 0 Å². The molecule has 2 heteroatoms. The van der Waals surface area contributed by atoms with Crippen molar-refractivity contribution in [2.24, 2.45) is 5.92 Å². The Kier molecular flexibility index (Phi) is 4.80. The number of phenolic OH excluding ortho intramolecular Hbond substituents is 1. The van der Waals surface area contributed by atoms with E-state index in [4.69, 9.17) is 0 Å². The van der Waals surface area contributed by atoms with Crippen LogP contribution in [0.2, 0.25) is 0 Å². The van der Waals surface area contributed by atoms with Gasteiger partial charge in [-0.3, -0.25) is 0 Å². The molecule has 2 aromatic rings. The molecule has 0 amide bonds. The van der Waals surface area contributed by atoms with Gasteiger partial charge in [-0.2, -0.15) is 0 Å². The molecule has 0 aliphatic carbocycles. The number of hydrogen-bond acceptors (Lipinski definition) is 2. The zero-order chi connectivity index (χ0) is 14.5. The molecule has 2 N–H and O–H groups in total. The second-order valence-electron chi connectivity index (χ2n) is 5.61. The van der Waals surface area contributed by atoms with Gasteiger partial charge in [-0.15, -0.1) is 0 Å². The summed E-state index contributed by atoms with van der Waals surface area (Å²) in [7, 11) is 0. The lowest BCUT2D eigenvalue weighted by molar-refractivity contribution is 0.374. The third kappa shape index (κ3) is 3.61. The lowest BCUT2D eigenvalue weighted by atomic mass is 9.94. The van der Waals surface area contributed by atoms with E-state index in [9.17, 15) is 5.11 Å². The van der Waals surface area contributed by atoms with Crippen molar-refractivity contribution in [3.05, 3.63) is 65.7 Å². The van der Waals surface area contributed by atoms with Crippen molar-refractivity contribution in [2.45, 2.75) is 32.9 Å². The Bertz CT molecular complexity index is 519. The number of aromatic hydroxyl groups is 1. The predicted molar refractivity (Wildman–Crippen MR) is 83.7 cm³/mol. The van der Waals surface area contributed by atoms with Gasteiger partial charge in [0.2, 0.25) is 0 Å². The molecule has 0 saturated heterocycles. The van der Waals surface area contributed by atoms with Crippen molar-refractivity contribution in [2.75, 3.05) is 0 Å². The Balaban J connectivity index is 2.14. The van der Waals surface area contributed by atoms with Gasteiger partial charge < -0.3 is 10.4 Å². The fraction of sp³-hybridized carbons (Fsp3) is 0.333. The molecule has 0 spiro atoms. The van der Waals surface area contributed by atoms with Gasteiger partial charge in [0.25, 0.3) is 0 Å². The zero-order valence-electron chi connectivity index (χ0n) is 12.4. The average molecular weight is 269 g/mol. The maximum absolute atomic E-state index is 9.37. The smallest absolute Gasteiger partial charge is 0.115 e. The maximum atomic E-state index is 9.37. The fourth-order valence-corrected chi connectivity index (χ4v) is 2.46. The molecule has 2 aromatic carbocycles. The monoisotopic (exact) mass is 269 g/mol. The van der Waals surface area contributed by atoms with E-state index in [-0.39, 0.29) is 6.04 Å². The summed E-state index contributed by atoms with van der Waals surface area (Å²) in [5.74, 6) is 0.821. The molecule has 0 aliphatic heterocycles. The number of rotatable bonds is 5. The summed E-state index contributed by atoms with van der Waals surface area (Å²) in [6.45, 7) is 6.62. The first-order valence-electron chi connectivity index (χ1n) is 7.18. The highest BCUT2D eigenvalue weighted by Gasteiger charge is 2.18. The highest BCUT2D eigenvalue weighted by Crippen LogP contribution is 2.26. The van der Waals surface area contributed by atoms with Crippen LogP contribution in [0.1, 0.15) is 44.0 Å². The molecular weight excluding hydrogens is 246 g/mol. The van der Waals surface area contributed by atoms with Crippen molar-refractivity contribution in [1.82, 2.24) is 5.32 Å². The van der Waals surface area contributed by atoms with Crippen LogP contribution in [0.5, 0.6) is 5.75 Å². The van der Waals surface area contributed by atoms with Crippen LogP contribution in [0.15, 0.2) is 54.6 Å². The second kappa shape index (κ2) is 6.58. The molecule has 0 aromatic heterocycles. The van der Waals surface area contributed by atoms with E-state index < -0.39 is 0 Å². The van der Waals surface area contributed by atoms with Crippen LogP contribution < -0.4 is 5.32 Å². The van der Waals surface area contributed by atoms with Gasteiger partial charge in [-0.25, -0.2) is 0 Å². The molecule has 106 valence electrons. The van der Waals surface area contributed by atoms with Crippen LogP contribution in [-0.2, 0) is 0 Å². The summed E-state index contributed by atoms with van der Waals surface area (Å²) >= 11 is 0. The maximum Gasteiger partial charge on any atom is 0.115 e. The van der Waals surface area contributed by atoms with Crippen LogP contribution in [0.25, 0.3) is 0 Å². The third-order valence-corrected chi connectivity index (χ3v) is 3.65. The third-order valence-electron chi connectivity index (χ3n) is 3.65. The minimum atomic E-state index is 0.239. The van der Waals surface area contributed by atoms with Crippen molar-refractivity contribution in [1.29, 1.82) is 0 Å². The number of benzene rings is 2. The molecule has 2 unspecified atom stereocenters. The number of hydrogen-bond donors (Lipinski definition) is 2. The molecule has 2 nitrogen and oxygen atoms in total. The quantitative estimate of drug-likeness (QED) is 0.841. The van der Waals surface area contributed by atoms with Crippen molar-refractivity contribution >= 4 is 0 Å². The van der Waals surface area contributed by atoms with Gasteiger partial charge in [0, 0.05) is 12.1 Å². The molecular formula is C18H23NO. The SMILES string of the molecule is CC(NC(c1ccccc1)C(C)C)c1ccc(O)cc1. The topological polar surface area (TPSA) is 32.3 Å². The predicted octanol–water partition coefficient (Wildman–Crippen LogP) is 4.44. The van der Waals surface area contributed by atoms with Gasteiger partial charge in [-0.1, -0.05) is 56.3 Å². The largest absolute Gasteiger partial charge is 0.508 e. The van der Waals surface area contributed by atoms with Crippen molar-refractivity contribution in [3.63, 3.8) is 0 Å². The summed E-state index contributed by atoms with van der Waals surface area (Å²) < 4.78 is 0. The summed E-state index contributed by atoms with van der Waals surface area (Å²) in [4.78, 5) is 0. The molecule has 2 atom stereocenters. The Morgan fingerprint density at radius 1 is 0.800 bits per heavy atom. The minimum Gasteiger partial charge on any atom is -0.508 e. The first-order chi connectivity index (χ1) is 9.58. The van der Waals surface area contributed by atoms with Gasteiger partial charge in [0.1, 0.15) is 5.75 Å². The van der Waals surface area contributed by atoms with E-state index in [1.54, 1.807) is 12.1 Å². The number of nitrogens with one attached hydrogen (secondary N) is 1. The molecule has 0 bridgehead atoms. The number of phenols is 1. The van der Waals surface area contributed by atoms with E-state index >= 15 is 0 Å². The second-order valence-corrected chi connectivity index (χ2v) is 5.61. The molecule has 0 fully saturated rings. The van der Waals surface area contributed by atoms with E-state index in [1.165, 1.54) is 11.1 Å². The van der Waals surface area contributed by atoms with Crippen molar-refractivity contribution < 1.29 is 5.11 Å². The van der Waals surface area contributed by atoms with Crippen molar-refractivity contribution in [3.8, 4) is 5.75 Å². The molecule has 2 rings (SSSR count). The molecule has 0 radical (unpaired) electrons. The summed E-state index contributed by atoms with van der Waals surface area (Å²) in [5.41, 5.74) is 2.50. The zero-order valence-corrected chi connectivity index (χ0v) is 12.4. The Hall–Kier alpha value is -1.80. The van der Waals surface area contributed by atoms with Crippen LogP contribution in [0, 0.1) is 5.92 Å². The van der Waals surface area contributed by atoms with E-state index in [0.717, 1.165) is 0 Å². The Morgan fingerprint density at radius 3 is 1.95 bits per heavy atom.